The monoisotopic (exact) mass is 317 g/mol. The average molecular weight is 317 g/mol. The summed E-state index contributed by atoms with van der Waals surface area (Å²) in [4.78, 5) is 8.00. The van der Waals surface area contributed by atoms with Crippen molar-refractivity contribution in [3.8, 4) is 11.4 Å². The van der Waals surface area contributed by atoms with E-state index in [0.29, 0.717) is 18.3 Å². The highest BCUT2D eigenvalue weighted by Crippen LogP contribution is 2.20. The lowest BCUT2D eigenvalue weighted by Crippen LogP contribution is -2.22. The fourth-order valence-electron chi connectivity index (χ4n) is 2.01. The van der Waals surface area contributed by atoms with Gasteiger partial charge in [0, 0.05) is 28.9 Å². The van der Waals surface area contributed by atoms with Crippen molar-refractivity contribution < 1.29 is 4.52 Å². The van der Waals surface area contributed by atoms with Crippen LogP contribution in [0.5, 0.6) is 0 Å². The van der Waals surface area contributed by atoms with E-state index in [9.17, 15) is 0 Å². The number of hydrogen-bond acceptors (Lipinski definition) is 6. The van der Waals surface area contributed by atoms with Gasteiger partial charge in [0.15, 0.2) is 0 Å². The van der Waals surface area contributed by atoms with Crippen LogP contribution in [0.1, 0.15) is 10.8 Å². The second-order valence-corrected chi connectivity index (χ2v) is 6.37. The molecule has 108 valence electrons. The van der Waals surface area contributed by atoms with Gasteiger partial charge in [-0.2, -0.15) is 16.3 Å². The summed E-state index contributed by atoms with van der Waals surface area (Å²) in [7, 11) is 0. The lowest BCUT2D eigenvalue weighted by Gasteiger charge is -2.17. The van der Waals surface area contributed by atoms with E-state index in [1.807, 2.05) is 22.9 Å². The normalized spacial score (nSPS) is 11.1. The molecule has 3 rings (SSSR count). The molecule has 0 aliphatic carbocycles. The molecule has 0 fully saturated rings. The van der Waals surface area contributed by atoms with Crippen molar-refractivity contribution in [2.45, 2.75) is 13.1 Å². The van der Waals surface area contributed by atoms with Gasteiger partial charge in [-0.25, -0.2) is 0 Å². The van der Waals surface area contributed by atoms with Crippen LogP contribution in [0.2, 0.25) is 0 Å². The first-order valence-electron chi connectivity index (χ1n) is 6.56. The van der Waals surface area contributed by atoms with Gasteiger partial charge in [-0.15, -0.1) is 17.9 Å². The highest BCUT2D eigenvalue weighted by molar-refractivity contribution is 7.09. The van der Waals surface area contributed by atoms with E-state index in [1.54, 1.807) is 22.7 Å². The molecule has 0 N–H and O–H groups in total. The quantitative estimate of drug-likeness (QED) is 0.617. The van der Waals surface area contributed by atoms with Crippen LogP contribution in [0.3, 0.4) is 0 Å². The maximum absolute atomic E-state index is 5.36. The van der Waals surface area contributed by atoms with E-state index in [0.717, 1.165) is 18.7 Å². The van der Waals surface area contributed by atoms with E-state index in [4.69, 9.17) is 4.52 Å². The zero-order valence-corrected chi connectivity index (χ0v) is 13.1. The maximum atomic E-state index is 5.36. The molecule has 6 heteroatoms. The summed E-state index contributed by atoms with van der Waals surface area (Å²) in [5, 5.41) is 10.1. The molecule has 3 heterocycles. The maximum Gasteiger partial charge on any atom is 0.241 e. The third-order valence-corrected chi connectivity index (χ3v) is 4.50. The van der Waals surface area contributed by atoms with E-state index < -0.39 is 0 Å². The highest BCUT2D eigenvalue weighted by Gasteiger charge is 2.13. The molecule has 0 aliphatic heterocycles. The molecule has 0 spiro atoms. The van der Waals surface area contributed by atoms with Crippen LogP contribution in [-0.2, 0) is 13.1 Å². The predicted octanol–water partition coefficient (Wildman–Crippen LogP) is 4.05. The molecule has 0 saturated carbocycles. The number of hydrogen-bond donors (Lipinski definition) is 0. The largest absolute Gasteiger partial charge is 0.338 e. The number of thiophene rings is 2. The van der Waals surface area contributed by atoms with Crippen molar-refractivity contribution in [3.63, 3.8) is 0 Å². The Balaban J connectivity index is 1.69. The second kappa shape index (κ2) is 6.80. The summed E-state index contributed by atoms with van der Waals surface area (Å²) in [6, 6.07) is 6.19. The number of nitrogens with zero attached hydrogens (tertiary/aromatic N) is 3. The summed E-state index contributed by atoms with van der Waals surface area (Å²) in [5.74, 6) is 1.29. The van der Waals surface area contributed by atoms with Gasteiger partial charge in [0.25, 0.3) is 0 Å². The first-order valence-corrected chi connectivity index (χ1v) is 8.38. The molecule has 0 radical (unpaired) electrons. The third-order valence-electron chi connectivity index (χ3n) is 2.95. The van der Waals surface area contributed by atoms with E-state index in [2.05, 4.69) is 39.1 Å². The Labute approximate surface area is 131 Å². The summed E-state index contributed by atoms with van der Waals surface area (Å²) >= 11 is 3.37. The van der Waals surface area contributed by atoms with Crippen molar-refractivity contribution in [1.82, 2.24) is 15.0 Å². The topological polar surface area (TPSA) is 42.2 Å². The van der Waals surface area contributed by atoms with Crippen LogP contribution in [-0.4, -0.2) is 21.6 Å². The minimum absolute atomic E-state index is 0.626. The van der Waals surface area contributed by atoms with Gasteiger partial charge in [0.1, 0.15) is 0 Å². The Morgan fingerprint density at radius 1 is 1.29 bits per heavy atom. The molecule has 0 atom stereocenters. The molecule has 0 bridgehead atoms. The molecule has 3 aromatic heterocycles. The number of aromatic nitrogens is 2. The van der Waals surface area contributed by atoms with Gasteiger partial charge in [-0.1, -0.05) is 17.3 Å². The predicted molar refractivity (Wildman–Crippen MR) is 86.2 cm³/mol. The smallest absolute Gasteiger partial charge is 0.241 e. The fourth-order valence-corrected chi connectivity index (χ4v) is 3.39. The van der Waals surface area contributed by atoms with Gasteiger partial charge >= 0.3 is 0 Å². The lowest BCUT2D eigenvalue weighted by atomic mass is 10.3. The van der Waals surface area contributed by atoms with Crippen molar-refractivity contribution in [2.75, 3.05) is 6.54 Å². The van der Waals surface area contributed by atoms with Crippen LogP contribution in [0.25, 0.3) is 11.4 Å². The lowest BCUT2D eigenvalue weighted by molar-refractivity contribution is 0.241. The van der Waals surface area contributed by atoms with E-state index in [-0.39, 0.29) is 0 Å². The molecule has 4 nitrogen and oxygen atoms in total. The van der Waals surface area contributed by atoms with Crippen LogP contribution >= 0.6 is 22.7 Å². The molecule has 0 saturated heterocycles. The zero-order valence-electron chi connectivity index (χ0n) is 11.4. The summed E-state index contributed by atoms with van der Waals surface area (Å²) in [5.41, 5.74) is 1.00. The van der Waals surface area contributed by atoms with Crippen LogP contribution < -0.4 is 0 Å². The molecule has 0 amide bonds. The van der Waals surface area contributed by atoms with Crippen molar-refractivity contribution in [3.05, 3.63) is 57.8 Å². The summed E-state index contributed by atoms with van der Waals surface area (Å²) < 4.78 is 5.36. The molecule has 0 aromatic carbocycles. The standard InChI is InChI=1S/C15H15N3OS2/c1-2-6-18(9-13-4-3-7-21-13)10-14-16-15(17-19-14)12-5-8-20-11-12/h2-5,7-8,11H,1,6,9-10H2. The first kappa shape index (κ1) is 14.2. The Kier molecular flexibility index (Phi) is 4.59. The minimum Gasteiger partial charge on any atom is -0.338 e. The van der Waals surface area contributed by atoms with Gasteiger partial charge < -0.3 is 4.52 Å². The summed E-state index contributed by atoms with van der Waals surface area (Å²) in [6.45, 7) is 6.09. The molecule has 21 heavy (non-hydrogen) atoms. The Morgan fingerprint density at radius 3 is 2.95 bits per heavy atom. The zero-order chi connectivity index (χ0) is 14.5. The van der Waals surface area contributed by atoms with E-state index in [1.165, 1.54) is 4.88 Å². The minimum atomic E-state index is 0.626. The fraction of sp³-hybridized carbons (Fsp3) is 0.200. The van der Waals surface area contributed by atoms with Crippen LogP contribution in [0.15, 0.2) is 51.5 Å². The van der Waals surface area contributed by atoms with Crippen molar-refractivity contribution in [2.24, 2.45) is 0 Å². The molecular weight excluding hydrogens is 302 g/mol. The third kappa shape index (κ3) is 3.66. The van der Waals surface area contributed by atoms with Crippen molar-refractivity contribution >= 4 is 22.7 Å². The Bertz CT molecular complexity index is 674. The van der Waals surface area contributed by atoms with Gasteiger partial charge in [0.05, 0.1) is 6.54 Å². The van der Waals surface area contributed by atoms with Gasteiger partial charge in [0.2, 0.25) is 11.7 Å². The Morgan fingerprint density at radius 2 is 2.24 bits per heavy atom. The van der Waals surface area contributed by atoms with Crippen LogP contribution in [0, 0.1) is 0 Å². The van der Waals surface area contributed by atoms with Gasteiger partial charge in [-0.3, -0.25) is 4.90 Å². The molecule has 3 aromatic rings. The second-order valence-electron chi connectivity index (χ2n) is 4.56. The highest BCUT2D eigenvalue weighted by atomic mass is 32.1. The SMILES string of the molecule is C=CCN(Cc1nc(-c2ccsc2)no1)Cc1cccs1. The van der Waals surface area contributed by atoms with Gasteiger partial charge in [-0.05, 0) is 22.9 Å². The Hall–Kier alpha value is -1.76. The van der Waals surface area contributed by atoms with Crippen LogP contribution in [0.4, 0.5) is 0 Å². The van der Waals surface area contributed by atoms with E-state index >= 15 is 0 Å². The number of rotatable bonds is 7. The first-order chi connectivity index (χ1) is 10.3. The average Bonchev–Trinajstić information content (AvgIpc) is 3.21. The van der Waals surface area contributed by atoms with Crippen molar-refractivity contribution in [1.29, 1.82) is 0 Å². The summed E-state index contributed by atoms with van der Waals surface area (Å²) in [6.07, 6.45) is 1.89. The molecule has 0 aliphatic rings. The molecule has 0 unspecified atom stereocenters. The molecular formula is C15H15N3OS2.